The van der Waals surface area contributed by atoms with Crippen LogP contribution in [-0.4, -0.2) is 24.0 Å². The molecule has 21 heavy (non-hydrogen) atoms. The number of hydrogen-bond donors (Lipinski definition) is 1. The van der Waals surface area contributed by atoms with Gasteiger partial charge >= 0.3 is 5.63 Å². The summed E-state index contributed by atoms with van der Waals surface area (Å²) in [6.07, 6.45) is 3.60. The molecule has 3 rings (SSSR count). The summed E-state index contributed by atoms with van der Waals surface area (Å²) in [5.74, 6) is 0. The lowest BCUT2D eigenvalue weighted by Crippen LogP contribution is -2.43. The predicted molar refractivity (Wildman–Crippen MR) is 84.3 cm³/mol. The zero-order chi connectivity index (χ0) is 14.8. The van der Waals surface area contributed by atoms with Crippen LogP contribution in [0.5, 0.6) is 0 Å². The Bertz CT molecular complexity index is 693. The standard InChI is InChI=1S/C17H22N2O2/c1-12-5-6-15-13(9-17(20)21-16(15)8-12)11-19-7-3-2-4-14(19)10-18/h5-6,8-9,14H,2-4,7,10-11,18H2,1H3. The van der Waals surface area contributed by atoms with E-state index >= 15 is 0 Å². The smallest absolute Gasteiger partial charge is 0.336 e. The molecule has 2 N–H and O–H groups in total. The van der Waals surface area contributed by atoms with Crippen LogP contribution in [0.4, 0.5) is 0 Å². The van der Waals surface area contributed by atoms with Gasteiger partial charge in [-0.15, -0.1) is 0 Å². The molecule has 112 valence electrons. The van der Waals surface area contributed by atoms with E-state index in [1.807, 2.05) is 19.1 Å². The van der Waals surface area contributed by atoms with Crippen LogP contribution in [0.15, 0.2) is 33.5 Å². The molecule has 1 aromatic carbocycles. The van der Waals surface area contributed by atoms with Gasteiger partial charge in [0.05, 0.1) is 0 Å². The van der Waals surface area contributed by atoms with Crippen molar-refractivity contribution in [2.75, 3.05) is 13.1 Å². The van der Waals surface area contributed by atoms with E-state index in [1.54, 1.807) is 6.07 Å². The highest BCUT2D eigenvalue weighted by Gasteiger charge is 2.22. The number of fused-ring (bicyclic) bond motifs is 1. The first-order valence-corrected chi connectivity index (χ1v) is 7.65. The lowest BCUT2D eigenvalue weighted by atomic mass is 10.0. The molecule has 1 fully saturated rings. The van der Waals surface area contributed by atoms with Gasteiger partial charge in [-0.3, -0.25) is 4.90 Å². The van der Waals surface area contributed by atoms with Gasteiger partial charge in [-0.2, -0.15) is 0 Å². The molecule has 4 heteroatoms. The number of piperidine rings is 1. The van der Waals surface area contributed by atoms with Gasteiger partial charge in [-0.1, -0.05) is 18.6 Å². The van der Waals surface area contributed by atoms with Gasteiger partial charge in [0.15, 0.2) is 0 Å². The molecule has 1 saturated heterocycles. The lowest BCUT2D eigenvalue weighted by molar-refractivity contribution is 0.145. The van der Waals surface area contributed by atoms with Crippen molar-refractivity contribution in [3.05, 3.63) is 45.8 Å². The van der Waals surface area contributed by atoms with Gasteiger partial charge in [0.1, 0.15) is 5.58 Å². The Morgan fingerprint density at radius 2 is 2.19 bits per heavy atom. The normalized spacial score (nSPS) is 20.0. The molecule has 1 aromatic heterocycles. The van der Waals surface area contributed by atoms with Crippen molar-refractivity contribution in [1.29, 1.82) is 0 Å². The van der Waals surface area contributed by atoms with E-state index in [4.69, 9.17) is 10.2 Å². The van der Waals surface area contributed by atoms with Crippen LogP contribution in [0.1, 0.15) is 30.4 Å². The number of nitrogens with two attached hydrogens (primary N) is 1. The van der Waals surface area contributed by atoms with E-state index in [1.165, 1.54) is 12.8 Å². The molecule has 0 radical (unpaired) electrons. The quantitative estimate of drug-likeness (QED) is 0.880. The summed E-state index contributed by atoms with van der Waals surface area (Å²) < 4.78 is 5.33. The number of aryl methyl sites for hydroxylation is 1. The SMILES string of the molecule is Cc1ccc2c(CN3CCCCC3CN)cc(=O)oc2c1. The number of nitrogens with zero attached hydrogens (tertiary/aromatic N) is 1. The fraction of sp³-hybridized carbons (Fsp3) is 0.471. The third-order valence-electron chi connectivity index (χ3n) is 4.38. The van der Waals surface area contributed by atoms with Crippen molar-refractivity contribution in [3.63, 3.8) is 0 Å². The molecule has 0 saturated carbocycles. The molecule has 0 aliphatic carbocycles. The van der Waals surface area contributed by atoms with Gasteiger partial charge in [-0.25, -0.2) is 4.79 Å². The summed E-state index contributed by atoms with van der Waals surface area (Å²) in [7, 11) is 0. The summed E-state index contributed by atoms with van der Waals surface area (Å²) in [5.41, 5.74) is 8.43. The molecule has 0 amide bonds. The van der Waals surface area contributed by atoms with Gasteiger partial charge < -0.3 is 10.2 Å². The fourth-order valence-corrected chi connectivity index (χ4v) is 3.22. The van der Waals surface area contributed by atoms with E-state index in [9.17, 15) is 4.79 Å². The summed E-state index contributed by atoms with van der Waals surface area (Å²) in [6.45, 7) is 4.50. The maximum absolute atomic E-state index is 11.8. The zero-order valence-corrected chi connectivity index (χ0v) is 12.5. The zero-order valence-electron chi connectivity index (χ0n) is 12.5. The molecule has 2 aromatic rings. The van der Waals surface area contributed by atoms with Crippen molar-refractivity contribution in [2.45, 2.75) is 38.8 Å². The third kappa shape index (κ3) is 3.01. The van der Waals surface area contributed by atoms with E-state index < -0.39 is 0 Å². The van der Waals surface area contributed by atoms with E-state index in [-0.39, 0.29) is 5.63 Å². The molecule has 1 aliphatic heterocycles. The minimum Gasteiger partial charge on any atom is -0.423 e. The Kier molecular flexibility index (Phi) is 4.08. The topological polar surface area (TPSA) is 59.5 Å². The fourth-order valence-electron chi connectivity index (χ4n) is 3.22. The van der Waals surface area contributed by atoms with Crippen molar-refractivity contribution in [3.8, 4) is 0 Å². The monoisotopic (exact) mass is 286 g/mol. The van der Waals surface area contributed by atoms with Crippen molar-refractivity contribution >= 4 is 11.0 Å². The van der Waals surface area contributed by atoms with Crippen LogP contribution >= 0.6 is 0 Å². The Morgan fingerprint density at radius 3 is 3.00 bits per heavy atom. The van der Waals surface area contributed by atoms with Crippen LogP contribution in [0.3, 0.4) is 0 Å². The van der Waals surface area contributed by atoms with Gasteiger partial charge in [0.2, 0.25) is 0 Å². The summed E-state index contributed by atoms with van der Waals surface area (Å²) >= 11 is 0. The summed E-state index contributed by atoms with van der Waals surface area (Å²) in [5, 5.41) is 1.03. The second-order valence-electron chi connectivity index (χ2n) is 5.95. The van der Waals surface area contributed by atoms with Crippen LogP contribution in [-0.2, 0) is 6.54 Å². The highest BCUT2D eigenvalue weighted by molar-refractivity contribution is 5.80. The van der Waals surface area contributed by atoms with Crippen molar-refractivity contribution in [2.24, 2.45) is 5.73 Å². The molecule has 0 spiro atoms. The summed E-state index contributed by atoms with van der Waals surface area (Å²) in [4.78, 5) is 14.2. The average Bonchev–Trinajstić information content (AvgIpc) is 2.47. The average molecular weight is 286 g/mol. The molecule has 1 aliphatic rings. The molecule has 1 atom stereocenters. The third-order valence-corrected chi connectivity index (χ3v) is 4.38. The minimum atomic E-state index is -0.274. The molecular weight excluding hydrogens is 264 g/mol. The van der Waals surface area contributed by atoms with Gasteiger partial charge in [-0.05, 0) is 43.5 Å². The maximum atomic E-state index is 11.8. The molecule has 1 unspecified atom stereocenters. The van der Waals surface area contributed by atoms with Gasteiger partial charge in [0.25, 0.3) is 0 Å². The van der Waals surface area contributed by atoms with Crippen molar-refractivity contribution in [1.82, 2.24) is 4.90 Å². The first kappa shape index (κ1) is 14.3. The highest BCUT2D eigenvalue weighted by Crippen LogP contribution is 2.23. The first-order valence-electron chi connectivity index (χ1n) is 7.65. The summed E-state index contributed by atoms with van der Waals surface area (Å²) in [6, 6.07) is 8.08. The second-order valence-corrected chi connectivity index (χ2v) is 5.95. The molecular formula is C17H22N2O2. The Morgan fingerprint density at radius 1 is 1.33 bits per heavy atom. The van der Waals surface area contributed by atoms with Crippen LogP contribution in [0.25, 0.3) is 11.0 Å². The molecule has 4 nitrogen and oxygen atoms in total. The largest absolute Gasteiger partial charge is 0.423 e. The Labute approximate surface area is 124 Å². The van der Waals surface area contributed by atoms with Crippen molar-refractivity contribution < 1.29 is 4.42 Å². The van der Waals surface area contributed by atoms with Crippen LogP contribution in [0, 0.1) is 6.92 Å². The Balaban J connectivity index is 1.97. The van der Waals surface area contributed by atoms with Crippen LogP contribution in [0.2, 0.25) is 0 Å². The number of hydrogen-bond acceptors (Lipinski definition) is 4. The van der Waals surface area contributed by atoms with E-state index in [0.717, 1.165) is 36.0 Å². The first-order chi connectivity index (χ1) is 10.2. The maximum Gasteiger partial charge on any atom is 0.336 e. The van der Waals surface area contributed by atoms with E-state index in [2.05, 4.69) is 11.0 Å². The number of rotatable bonds is 3. The molecule has 0 bridgehead atoms. The lowest BCUT2D eigenvalue weighted by Gasteiger charge is -2.35. The minimum absolute atomic E-state index is 0.274. The van der Waals surface area contributed by atoms with Gasteiger partial charge in [0, 0.05) is 30.6 Å². The number of benzene rings is 1. The van der Waals surface area contributed by atoms with E-state index in [0.29, 0.717) is 18.2 Å². The highest BCUT2D eigenvalue weighted by atomic mass is 16.4. The predicted octanol–water partition coefficient (Wildman–Crippen LogP) is 2.41. The Hall–Kier alpha value is -1.65. The second kappa shape index (κ2) is 6.00. The molecule has 2 heterocycles. The van der Waals surface area contributed by atoms with Crippen LogP contribution < -0.4 is 11.4 Å². The number of likely N-dealkylation sites (tertiary alicyclic amines) is 1.